The second kappa shape index (κ2) is 8.75. The molecule has 28 heavy (non-hydrogen) atoms. The SMILES string of the molecule is Cc1nc(C)c(C(=O)NCCCCc2cn(-c3ccccc3C(=O)O)nn2)s1. The van der Waals surface area contributed by atoms with Crippen molar-refractivity contribution in [3.63, 3.8) is 0 Å². The molecule has 2 N–H and O–H groups in total. The molecule has 0 aliphatic carbocycles. The van der Waals surface area contributed by atoms with Crippen LogP contribution in [0.3, 0.4) is 0 Å². The summed E-state index contributed by atoms with van der Waals surface area (Å²) in [5.74, 6) is -1.09. The number of para-hydroxylation sites is 1. The van der Waals surface area contributed by atoms with Crippen LogP contribution >= 0.6 is 11.3 Å². The van der Waals surface area contributed by atoms with E-state index in [2.05, 4.69) is 20.6 Å². The molecular formula is C19H21N5O3S. The average Bonchev–Trinajstić information content (AvgIpc) is 3.27. The molecular weight excluding hydrogens is 378 g/mol. The van der Waals surface area contributed by atoms with E-state index in [1.165, 1.54) is 22.1 Å². The predicted octanol–water partition coefficient (Wildman–Crippen LogP) is 2.79. The Kier molecular flexibility index (Phi) is 6.15. The number of hydrogen-bond donors (Lipinski definition) is 2. The van der Waals surface area contributed by atoms with Gasteiger partial charge in [-0.1, -0.05) is 17.3 Å². The molecule has 0 fully saturated rings. The van der Waals surface area contributed by atoms with Crippen LogP contribution < -0.4 is 5.32 Å². The Labute approximate surface area is 166 Å². The van der Waals surface area contributed by atoms with E-state index >= 15 is 0 Å². The standard InChI is InChI=1S/C19H21N5O3S/c1-12-17(28-13(2)21-12)18(25)20-10-6-5-7-14-11-24(23-22-14)16-9-4-3-8-15(16)19(26)27/h3-4,8-9,11H,5-7,10H2,1-2H3,(H,20,25)(H,26,27). The molecule has 0 bridgehead atoms. The van der Waals surface area contributed by atoms with E-state index in [1.54, 1.807) is 24.4 Å². The molecule has 1 aromatic carbocycles. The number of aromatic carboxylic acids is 1. The van der Waals surface area contributed by atoms with E-state index in [0.29, 0.717) is 23.5 Å². The highest BCUT2D eigenvalue weighted by Crippen LogP contribution is 2.17. The molecule has 0 unspecified atom stereocenters. The van der Waals surface area contributed by atoms with Gasteiger partial charge < -0.3 is 10.4 Å². The predicted molar refractivity (Wildman–Crippen MR) is 105 cm³/mol. The second-order valence-corrected chi connectivity index (χ2v) is 7.54. The zero-order valence-corrected chi connectivity index (χ0v) is 16.5. The minimum atomic E-state index is -1.00. The summed E-state index contributed by atoms with van der Waals surface area (Å²) in [6.45, 7) is 4.30. The minimum Gasteiger partial charge on any atom is -0.478 e. The number of carboxylic acids is 1. The first-order valence-electron chi connectivity index (χ1n) is 8.92. The largest absolute Gasteiger partial charge is 0.478 e. The maximum absolute atomic E-state index is 12.1. The van der Waals surface area contributed by atoms with Gasteiger partial charge in [-0.2, -0.15) is 0 Å². The van der Waals surface area contributed by atoms with Crippen LogP contribution in [0.25, 0.3) is 5.69 Å². The summed E-state index contributed by atoms with van der Waals surface area (Å²) in [6.07, 6.45) is 4.08. The number of hydrogen-bond acceptors (Lipinski definition) is 6. The van der Waals surface area contributed by atoms with Gasteiger partial charge in [-0.05, 0) is 45.2 Å². The average molecular weight is 399 g/mol. The lowest BCUT2D eigenvalue weighted by Crippen LogP contribution is -2.24. The zero-order chi connectivity index (χ0) is 20.1. The van der Waals surface area contributed by atoms with Crippen LogP contribution in [-0.4, -0.2) is 43.5 Å². The van der Waals surface area contributed by atoms with Crippen molar-refractivity contribution in [2.24, 2.45) is 0 Å². The molecule has 3 rings (SSSR count). The highest BCUT2D eigenvalue weighted by molar-refractivity contribution is 7.13. The lowest BCUT2D eigenvalue weighted by atomic mass is 10.2. The molecule has 2 heterocycles. The fraction of sp³-hybridized carbons (Fsp3) is 0.316. The summed E-state index contributed by atoms with van der Waals surface area (Å²) < 4.78 is 1.48. The van der Waals surface area contributed by atoms with E-state index in [0.717, 1.165) is 29.2 Å². The maximum Gasteiger partial charge on any atom is 0.337 e. The number of rotatable bonds is 8. The Hall–Kier alpha value is -3.07. The molecule has 0 radical (unpaired) electrons. The van der Waals surface area contributed by atoms with Gasteiger partial charge in [0.2, 0.25) is 0 Å². The van der Waals surface area contributed by atoms with Crippen LogP contribution in [0.1, 0.15) is 49.3 Å². The van der Waals surface area contributed by atoms with Crippen molar-refractivity contribution >= 4 is 23.2 Å². The highest BCUT2D eigenvalue weighted by Gasteiger charge is 2.14. The van der Waals surface area contributed by atoms with E-state index in [9.17, 15) is 14.7 Å². The number of carbonyl (C=O) groups excluding carboxylic acids is 1. The summed E-state index contributed by atoms with van der Waals surface area (Å²) in [5.41, 5.74) is 2.20. The normalized spacial score (nSPS) is 10.8. The monoisotopic (exact) mass is 399 g/mol. The van der Waals surface area contributed by atoms with E-state index in [1.807, 2.05) is 13.8 Å². The molecule has 0 atom stereocenters. The Morgan fingerprint density at radius 1 is 1.21 bits per heavy atom. The third-order valence-corrected chi connectivity index (χ3v) is 5.25. The summed E-state index contributed by atoms with van der Waals surface area (Å²) in [5, 5.41) is 21.2. The van der Waals surface area contributed by atoms with Crippen LogP contribution in [0.2, 0.25) is 0 Å². The molecule has 0 saturated heterocycles. The summed E-state index contributed by atoms with van der Waals surface area (Å²) in [7, 11) is 0. The number of carboxylic acid groups (broad SMARTS) is 1. The van der Waals surface area contributed by atoms with Crippen LogP contribution in [0, 0.1) is 13.8 Å². The van der Waals surface area contributed by atoms with Crippen LogP contribution in [0.5, 0.6) is 0 Å². The van der Waals surface area contributed by atoms with Gasteiger partial charge in [0.25, 0.3) is 5.91 Å². The number of nitrogens with zero attached hydrogens (tertiary/aromatic N) is 4. The third kappa shape index (κ3) is 4.61. The highest BCUT2D eigenvalue weighted by atomic mass is 32.1. The Bertz CT molecular complexity index is 995. The quantitative estimate of drug-likeness (QED) is 0.564. The van der Waals surface area contributed by atoms with Crippen molar-refractivity contribution in [1.29, 1.82) is 0 Å². The van der Waals surface area contributed by atoms with Gasteiger partial charge in [-0.25, -0.2) is 14.5 Å². The second-order valence-electron chi connectivity index (χ2n) is 6.34. The number of unbranched alkanes of at least 4 members (excludes halogenated alkanes) is 1. The fourth-order valence-corrected chi connectivity index (χ4v) is 3.68. The Morgan fingerprint density at radius 3 is 2.71 bits per heavy atom. The van der Waals surface area contributed by atoms with Gasteiger partial charge in [0.1, 0.15) is 4.88 Å². The Balaban J connectivity index is 1.48. The molecule has 3 aromatic rings. The lowest BCUT2D eigenvalue weighted by molar-refractivity contribution is 0.0696. The number of carbonyl (C=O) groups is 2. The molecule has 0 aliphatic heterocycles. The first-order valence-corrected chi connectivity index (χ1v) is 9.73. The number of aromatic nitrogens is 4. The first-order chi connectivity index (χ1) is 13.5. The summed E-state index contributed by atoms with van der Waals surface area (Å²) >= 11 is 1.40. The Morgan fingerprint density at radius 2 is 2.00 bits per heavy atom. The van der Waals surface area contributed by atoms with Gasteiger partial charge >= 0.3 is 5.97 Å². The van der Waals surface area contributed by atoms with Gasteiger partial charge in [0.15, 0.2) is 0 Å². The number of thiazole rings is 1. The zero-order valence-electron chi connectivity index (χ0n) is 15.7. The minimum absolute atomic E-state index is 0.0840. The lowest BCUT2D eigenvalue weighted by Gasteiger charge is -2.04. The van der Waals surface area contributed by atoms with Crippen LogP contribution in [0.15, 0.2) is 30.5 Å². The van der Waals surface area contributed by atoms with Gasteiger partial charge in [-0.3, -0.25) is 4.79 Å². The molecule has 0 saturated carbocycles. The van der Waals surface area contributed by atoms with E-state index in [-0.39, 0.29) is 11.5 Å². The van der Waals surface area contributed by atoms with Crippen molar-refractivity contribution in [3.8, 4) is 5.69 Å². The van der Waals surface area contributed by atoms with Gasteiger partial charge in [0, 0.05) is 6.54 Å². The first kappa shape index (κ1) is 19.7. The van der Waals surface area contributed by atoms with E-state index < -0.39 is 5.97 Å². The molecule has 9 heteroatoms. The van der Waals surface area contributed by atoms with Crippen LogP contribution in [0.4, 0.5) is 0 Å². The summed E-state index contributed by atoms with van der Waals surface area (Å²) in [4.78, 5) is 28.4. The van der Waals surface area contributed by atoms with Crippen molar-refractivity contribution in [3.05, 3.63) is 57.3 Å². The van der Waals surface area contributed by atoms with Gasteiger partial charge in [-0.15, -0.1) is 16.4 Å². The fourth-order valence-electron chi connectivity index (χ4n) is 2.84. The van der Waals surface area contributed by atoms with Crippen LogP contribution in [-0.2, 0) is 6.42 Å². The van der Waals surface area contributed by atoms with E-state index in [4.69, 9.17) is 0 Å². The third-order valence-electron chi connectivity index (χ3n) is 4.18. The molecule has 1 amide bonds. The van der Waals surface area contributed by atoms with Gasteiger partial charge in [0.05, 0.1) is 33.8 Å². The number of nitrogens with one attached hydrogen (secondary N) is 1. The smallest absolute Gasteiger partial charge is 0.337 e. The van der Waals surface area contributed by atoms with Crippen molar-refractivity contribution < 1.29 is 14.7 Å². The molecule has 8 nitrogen and oxygen atoms in total. The van der Waals surface area contributed by atoms with Crippen molar-refractivity contribution in [2.45, 2.75) is 33.1 Å². The number of aryl methyl sites for hydroxylation is 3. The molecule has 0 aliphatic rings. The topological polar surface area (TPSA) is 110 Å². The van der Waals surface area contributed by atoms with Crippen molar-refractivity contribution in [2.75, 3.05) is 6.54 Å². The summed E-state index contributed by atoms with van der Waals surface area (Å²) in [6, 6.07) is 6.67. The van der Waals surface area contributed by atoms with Crippen molar-refractivity contribution in [1.82, 2.24) is 25.3 Å². The number of benzene rings is 1. The maximum atomic E-state index is 12.1. The molecule has 2 aromatic heterocycles. The molecule has 146 valence electrons. The molecule has 0 spiro atoms. The number of amides is 1.